The van der Waals surface area contributed by atoms with Crippen molar-refractivity contribution < 1.29 is 14.6 Å². The molecule has 1 amide bonds. The van der Waals surface area contributed by atoms with E-state index in [1.165, 1.54) is 0 Å². The van der Waals surface area contributed by atoms with Crippen LogP contribution < -0.4 is 5.32 Å². The van der Waals surface area contributed by atoms with E-state index in [9.17, 15) is 9.90 Å². The molecule has 0 saturated heterocycles. The number of benzene rings is 2. The molecule has 122 valence electrons. The molecule has 0 aliphatic carbocycles. The van der Waals surface area contributed by atoms with Gasteiger partial charge in [0.1, 0.15) is 0 Å². The van der Waals surface area contributed by atoms with E-state index in [1.807, 2.05) is 24.3 Å². The Morgan fingerprint density at radius 3 is 2.48 bits per heavy atom. The number of carbonyl (C=O) groups is 1. The number of nitrogens with one attached hydrogen (secondary N) is 1. The summed E-state index contributed by atoms with van der Waals surface area (Å²) in [6, 6.07) is 14.6. The number of hydrogen-bond acceptors (Lipinski definition) is 3. The van der Waals surface area contributed by atoms with E-state index < -0.39 is 6.10 Å². The average molecular weight is 334 g/mol. The van der Waals surface area contributed by atoms with Crippen LogP contribution in [0.5, 0.6) is 0 Å². The second-order valence-electron chi connectivity index (χ2n) is 5.25. The molecule has 0 bridgehead atoms. The van der Waals surface area contributed by atoms with Crippen LogP contribution in [0.25, 0.3) is 0 Å². The third-order valence-electron chi connectivity index (χ3n) is 3.53. The molecule has 0 saturated carbocycles. The second-order valence-corrected chi connectivity index (χ2v) is 5.69. The summed E-state index contributed by atoms with van der Waals surface area (Å²) in [6.07, 6.45) is -0.838. The van der Waals surface area contributed by atoms with Gasteiger partial charge in [-0.05, 0) is 28.8 Å². The van der Waals surface area contributed by atoms with E-state index in [0.717, 1.165) is 11.1 Å². The first-order valence-electron chi connectivity index (χ1n) is 7.36. The Hall–Kier alpha value is -1.88. The molecular formula is C18H20ClNO3. The maximum Gasteiger partial charge on any atom is 0.223 e. The van der Waals surface area contributed by atoms with Crippen LogP contribution in [0.4, 0.5) is 0 Å². The molecule has 0 aliphatic heterocycles. The van der Waals surface area contributed by atoms with Gasteiger partial charge in [-0.1, -0.05) is 48.0 Å². The quantitative estimate of drug-likeness (QED) is 0.818. The van der Waals surface area contributed by atoms with Crippen molar-refractivity contribution in [3.63, 3.8) is 0 Å². The maximum absolute atomic E-state index is 12.0. The topological polar surface area (TPSA) is 58.6 Å². The number of aliphatic hydroxyl groups excluding tert-OH is 1. The molecule has 23 heavy (non-hydrogen) atoms. The van der Waals surface area contributed by atoms with E-state index in [0.29, 0.717) is 23.7 Å². The lowest BCUT2D eigenvalue weighted by atomic mass is 10.1. The molecule has 2 aromatic carbocycles. The summed E-state index contributed by atoms with van der Waals surface area (Å²) in [5.74, 6) is -0.209. The molecule has 0 aliphatic rings. The number of methoxy groups -OCH3 is 1. The van der Waals surface area contributed by atoms with Gasteiger partial charge in [-0.3, -0.25) is 4.79 Å². The van der Waals surface area contributed by atoms with Gasteiger partial charge in [0.2, 0.25) is 5.91 Å². The fourth-order valence-corrected chi connectivity index (χ4v) is 2.40. The molecular weight excluding hydrogens is 314 g/mol. The Kier molecular flexibility index (Phi) is 6.59. The van der Waals surface area contributed by atoms with Crippen LogP contribution in [0.1, 0.15) is 29.2 Å². The van der Waals surface area contributed by atoms with Crippen LogP contribution in [0.2, 0.25) is 5.02 Å². The summed E-state index contributed by atoms with van der Waals surface area (Å²) in [7, 11) is 1.64. The Morgan fingerprint density at radius 1 is 1.17 bits per heavy atom. The van der Waals surface area contributed by atoms with E-state index in [4.69, 9.17) is 16.3 Å². The van der Waals surface area contributed by atoms with Crippen LogP contribution in [0, 0.1) is 0 Å². The zero-order chi connectivity index (χ0) is 16.7. The SMILES string of the molecule is COCc1ccccc1CNC(=O)CC(O)c1ccc(Cl)cc1. The first kappa shape index (κ1) is 17.5. The first-order chi connectivity index (χ1) is 11.1. The minimum Gasteiger partial charge on any atom is -0.388 e. The largest absolute Gasteiger partial charge is 0.388 e. The number of hydrogen-bond donors (Lipinski definition) is 2. The van der Waals surface area contributed by atoms with Crippen molar-refractivity contribution in [3.8, 4) is 0 Å². The zero-order valence-electron chi connectivity index (χ0n) is 13.0. The summed E-state index contributed by atoms with van der Waals surface area (Å²) < 4.78 is 5.14. The van der Waals surface area contributed by atoms with Gasteiger partial charge in [0.05, 0.1) is 19.1 Å². The fourth-order valence-electron chi connectivity index (χ4n) is 2.27. The van der Waals surface area contributed by atoms with E-state index in [2.05, 4.69) is 5.32 Å². The fraction of sp³-hybridized carbons (Fsp3) is 0.278. The summed E-state index contributed by atoms with van der Waals surface area (Å²) in [4.78, 5) is 12.0. The minimum absolute atomic E-state index is 0.00801. The third kappa shape index (κ3) is 5.36. The van der Waals surface area contributed by atoms with Gasteiger partial charge in [-0.2, -0.15) is 0 Å². The van der Waals surface area contributed by atoms with Gasteiger partial charge in [0, 0.05) is 18.7 Å². The molecule has 0 spiro atoms. The first-order valence-corrected chi connectivity index (χ1v) is 7.74. The maximum atomic E-state index is 12.0. The van der Waals surface area contributed by atoms with Crippen LogP contribution >= 0.6 is 11.6 Å². The predicted octanol–water partition coefficient (Wildman–Crippen LogP) is 3.23. The molecule has 0 heterocycles. The zero-order valence-corrected chi connectivity index (χ0v) is 13.7. The Morgan fingerprint density at radius 2 is 1.83 bits per heavy atom. The number of carbonyl (C=O) groups excluding carboxylic acids is 1. The van der Waals surface area contributed by atoms with Crippen LogP contribution in [0.3, 0.4) is 0 Å². The Bertz CT molecular complexity index is 643. The summed E-state index contributed by atoms with van der Waals surface area (Å²) in [5.41, 5.74) is 2.71. The molecule has 2 N–H and O–H groups in total. The van der Waals surface area contributed by atoms with Gasteiger partial charge in [0.25, 0.3) is 0 Å². The van der Waals surface area contributed by atoms with Gasteiger partial charge >= 0.3 is 0 Å². The van der Waals surface area contributed by atoms with Crippen LogP contribution in [-0.4, -0.2) is 18.1 Å². The lowest BCUT2D eigenvalue weighted by Crippen LogP contribution is -2.25. The van der Waals surface area contributed by atoms with Crippen LogP contribution in [0.15, 0.2) is 48.5 Å². The highest BCUT2D eigenvalue weighted by Crippen LogP contribution is 2.19. The number of amides is 1. The van der Waals surface area contributed by atoms with Gasteiger partial charge in [-0.15, -0.1) is 0 Å². The van der Waals surface area contributed by atoms with E-state index in [-0.39, 0.29) is 12.3 Å². The highest BCUT2D eigenvalue weighted by molar-refractivity contribution is 6.30. The molecule has 0 radical (unpaired) electrons. The summed E-state index contributed by atoms with van der Waals surface area (Å²) in [6.45, 7) is 0.908. The van der Waals surface area contributed by atoms with Gasteiger partial charge in [-0.25, -0.2) is 0 Å². The molecule has 0 fully saturated rings. The van der Waals surface area contributed by atoms with Crippen molar-refractivity contribution in [3.05, 3.63) is 70.2 Å². The van der Waals surface area contributed by atoms with Gasteiger partial charge < -0.3 is 15.2 Å². The monoisotopic (exact) mass is 333 g/mol. The number of aliphatic hydroxyl groups is 1. The number of rotatable bonds is 7. The number of halogens is 1. The Balaban J connectivity index is 1.89. The molecule has 1 unspecified atom stereocenters. The molecule has 5 heteroatoms. The van der Waals surface area contributed by atoms with Crippen molar-refractivity contribution in [1.29, 1.82) is 0 Å². The summed E-state index contributed by atoms with van der Waals surface area (Å²) in [5, 5.41) is 13.5. The standard InChI is InChI=1S/C18H20ClNO3/c1-23-12-15-5-3-2-4-14(15)11-20-18(22)10-17(21)13-6-8-16(19)9-7-13/h2-9,17,21H,10-12H2,1H3,(H,20,22). The highest BCUT2D eigenvalue weighted by atomic mass is 35.5. The molecule has 2 aromatic rings. The van der Waals surface area contributed by atoms with Gasteiger partial charge in [0.15, 0.2) is 0 Å². The smallest absolute Gasteiger partial charge is 0.223 e. The molecule has 0 aromatic heterocycles. The lowest BCUT2D eigenvalue weighted by Gasteiger charge is -2.13. The molecule has 2 rings (SSSR count). The normalized spacial score (nSPS) is 12.0. The Labute approximate surface area is 141 Å². The van der Waals surface area contributed by atoms with Crippen molar-refractivity contribution in [2.24, 2.45) is 0 Å². The lowest BCUT2D eigenvalue weighted by molar-refractivity contribution is -0.123. The minimum atomic E-state index is -0.846. The van der Waals surface area contributed by atoms with Crippen molar-refractivity contribution in [2.75, 3.05) is 7.11 Å². The third-order valence-corrected chi connectivity index (χ3v) is 3.78. The predicted molar refractivity (Wildman–Crippen MR) is 90.0 cm³/mol. The highest BCUT2D eigenvalue weighted by Gasteiger charge is 2.13. The van der Waals surface area contributed by atoms with Crippen molar-refractivity contribution >= 4 is 17.5 Å². The molecule has 4 nitrogen and oxygen atoms in total. The number of ether oxygens (including phenoxy) is 1. The van der Waals surface area contributed by atoms with E-state index in [1.54, 1.807) is 31.4 Å². The van der Waals surface area contributed by atoms with E-state index >= 15 is 0 Å². The second kappa shape index (κ2) is 8.67. The average Bonchev–Trinajstić information content (AvgIpc) is 2.55. The van der Waals surface area contributed by atoms with Crippen molar-refractivity contribution in [1.82, 2.24) is 5.32 Å². The van der Waals surface area contributed by atoms with Crippen LogP contribution in [-0.2, 0) is 22.7 Å². The molecule has 1 atom stereocenters. The summed E-state index contributed by atoms with van der Waals surface area (Å²) >= 11 is 5.81. The van der Waals surface area contributed by atoms with Crippen molar-refractivity contribution in [2.45, 2.75) is 25.7 Å².